The first kappa shape index (κ1) is 12.9. The van der Waals surface area contributed by atoms with E-state index >= 15 is 0 Å². The molecule has 0 saturated carbocycles. The summed E-state index contributed by atoms with van der Waals surface area (Å²) >= 11 is 0. The summed E-state index contributed by atoms with van der Waals surface area (Å²) in [6.45, 7) is 6.23. The van der Waals surface area contributed by atoms with Crippen molar-refractivity contribution < 1.29 is 9.22 Å². The fourth-order valence-corrected chi connectivity index (χ4v) is 2.34. The van der Waals surface area contributed by atoms with Crippen molar-refractivity contribution in [3.63, 3.8) is 0 Å². The minimum atomic E-state index is -1.74. The lowest BCUT2D eigenvalue weighted by Crippen LogP contribution is -2.36. The number of rotatable bonds is 4. The van der Waals surface area contributed by atoms with Gasteiger partial charge >= 0.3 is 0 Å². The van der Waals surface area contributed by atoms with Crippen molar-refractivity contribution >= 4 is 14.2 Å². The minimum Gasteiger partial charge on any atom is -0.402 e. The van der Waals surface area contributed by atoms with Gasteiger partial charge in [-0.1, -0.05) is 30.3 Å². The van der Waals surface area contributed by atoms with Gasteiger partial charge in [0.1, 0.15) is 6.10 Å². The maximum absolute atomic E-state index is 11.8. The van der Waals surface area contributed by atoms with Crippen LogP contribution in [0.25, 0.3) is 0 Å². The third-order valence-corrected chi connectivity index (χ3v) is 3.00. The fraction of sp³-hybridized carbons (Fsp3) is 0.417. The van der Waals surface area contributed by atoms with Gasteiger partial charge in [-0.15, -0.1) is 0 Å². The van der Waals surface area contributed by atoms with Gasteiger partial charge in [0, 0.05) is 7.05 Å². The third kappa shape index (κ3) is 3.79. The van der Waals surface area contributed by atoms with E-state index in [1.807, 2.05) is 30.3 Å². The molecule has 4 heteroatoms. The highest BCUT2D eigenvalue weighted by Crippen LogP contribution is 2.22. The van der Waals surface area contributed by atoms with E-state index in [1.54, 1.807) is 7.05 Å². The molecule has 0 heterocycles. The molecule has 0 aliphatic heterocycles. The molecule has 0 aliphatic rings. The second-order valence-electron chi connectivity index (χ2n) is 4.64. The lowest BCUT2D eigenvalue weighted by atomic mass is 10.1. The molecular weight excluding hydrogens is 218 g/mol. The van der Waals surface area contributed by atoms with Crippen LogP contribution in [-0.4, -0.2) is 21.3 Å². The van der Waals surface area contributed by atoms with Crippen molar-refractivity contribution in [2.24, 2.45) is 0 Å². The van der Waals surface area contributed by atoms with Crippen molar-refractivity contribution in [1.82, 2.24) is 5.32 Å². The number of hydrogen-bond donors (Lipinski definition) is 1. The van der Waals surface area contributed by atoms with E-state index < -0.39 is 14.4 Å². The standard InChI is InChI=1S/C12H19NO2Si/c1-13-12(14)11(15-16(2,3)4)10-8-6-5-7-9-10/h5-9,11H,1-4H3,(H,13,14). The van der Waals surface area contributed by atoms with E-state index in [0.717, 1.165) is 5.56 Å². The van der Waals surface area contributed by atoms with E-state index in [0.29, 0.717) is 0 Å². The van der Waals surface area contributed by atoms with Crippen LogP contribution in [0.4, 0.5) is 0 Å². The SMILES string of the molecule is CNC(=O)C(O[Si](C)(C)C)c1ccccc1. The molecule has 1 aromatic rings. The first-order valence-corrected chi connectivity index (χ1v) is 8.79. The highest BCUT2D eigenvalue weighted by molar-refractivity contribution is 6.69. The zero-order valence-corrected chi connectivity index (χ0v) is 11.3. The highest BCUT2D eigenvalue weighted by Gasteiger charge is 2.27. The Kier molecular flexibility index (Phi) is 4.26. The van der Waals surface area contributed by atoms with Crippen molar-refractivity contribution in [1.29, 1.82) is 0 Å². The molecule has 0 saturated heterocycles. The van der Waals surface area contributed by atoms with Gasteiger partial charge in [-0.2, -0.15) is 0 Å². The highest BCUT2D eigenvalue weighted by atomic mass is 28.4. The Bertz CT molecular complexity index is 346. The second kappa shape index (κ2) is 5.27. The summed E-state index contributed by atoms with van der Waals surface area (Å²) < 4.78 is 5.90. The molecule has 1 amide bonds. The van der Waals surface area contributed by atoms with Crippen LogP contribution in [0.3, 0.4) is 0 Å². The van der Waals surface area contributed by atoms with Gasteiger partial charge < -0.3 is 9.74 Å². The summed E-state index contributed by atoms with van der Waals surface area (Å²) in [5, 5.41) is 2.64. The largest absolute Gasteiger partial charge is 0.402 e. The maximum Gasteiger partial charge on any atom is 0.252 e. The van der Waals surface area contributed by atoms with E-state index in [-0.39, 0.29) is 5.91 Å². The molecule has 16 heavy (non-hydrogen) atoms. The number of nitrogens with one attached hydrogen (secondary N) is 1. The number of likely N-dealkylation sites (N-methyl/N-ethyl adjacent to an activating group) is 1. The van der Waals surface area contributed by atoms with Crippen molar-refractivity contribution in [3.8, 4) is 0 Å². The molecule has 0 aliphatic carbocycles. The van der Waals surface area contributed by atoms with E-state index in [1.165, 1.54) is 0 Å². The second-order valence-corrected chi connectivity index (χ2v) is 9.10. The molecule has 1 N–H and O–H groups in total. The van der Waals surface area contributed by atoms with Crippen molar-refractivity contribution in [2.45, 2.75) is 25.7 Å². The average Bonchev–Trinajstić information content (AvgIpc) is 2.25. The topological polar surface area (TPSA) is 38.3 Å². The molecule has 1 atom stereocenters. The van der Waals surface area contributed by atoms with Gasteiger partial charge in [0.25, 0.3) is 5.91 Å². The van der Waals surface area contributed by atoms with E-state index in [2.05, 4.69) is 25.0 Å². The Morgan fingerprint density at radius 3 is 2.25 bits per heavy atom. The number of amides is 1. The summed E-state index contributed by atoms with van der Waals surface area (Å²) in [7, 11) is -0.112. The number of carbonyl (C=O) groups excluding carboxylic acids is 1. The number of carbonyl (C=O) groups is 1. The number of hydrogen-bond acceptors (Lipinski definition) is 2. The molecule has 1 aromatic carbocycles. The van der Waals surface area contributed by atoms with Gasteiger partial charge in [-0.25, -0.2) is 0 Å². The van der Waals surface area contributed by atoms with Crippen LogP contribution in [0.2, 0.25) is 19.6 Å². The summed E-state index contributed by atoms with van der Waals surface area (Å²) in [5.41, 5.74) is 0.907. The fourth-order valence-electron chi connectivity index (χ4n) is 1.39. The molecular formula is C12H19NO2Si. The Labute approximate surface area is 98.0 Å². The minimum absolute atomic E-state index is 0.0892. The summed E-state index contributed by atoms with van der Waals surface area (Å²) in [4.78, 5) is 11.8. The van der Waals surface area contributed by atoms with Crippen LogP contribution in [0.15, 0.2) is 30.3 Å². The quantitative estimate of drug-likeness (QED) is 0.816. The average molecular weight is 237 g/mol. The molecule has 0 spiro atoms. The van der Waals surface area contributed by atoms with Crippen LogP contribution in [-0.2, 0) is 9.22 Å². The Morgan fingerprint density at radius 2 is 1.81 bits per heavy atom. The summed E-state index contributed by atoms with van der Waals surface area (Å²) in [5.74, 6) is -0.0892. The van der Waals surface area contributed by atoms with Gasteiger partial charge in [-0.05, 0) is 25.2 Å². The lowest BCUT2D eigenvalue weighted by molar-refractivity contribution is -0.128. The van der Waals surface area contributed by atoms with Gasteiger partial charge in [0.15, 0.2) is 8.32 Å². The predicted octanol–water partition coefficient (Wildman–Crippen LogP) is 2.33. The Morgan fingerprint density at radius 1 is 1.25 bits per heavy atom. The van der Waals surface area contributed by atoms with Crippen LogP contribution in [0.1, 0.15) is 11.7 Å². The van der Waals surface area contributed by atoms with Crippen LogP contribution < -0.4 is 5.32 Å². The lowest BCUT2D eigenvalue weighted by Gasteiger charge is -2.25. The van der Waals surface area contributed by atoms with Crippen LogP contribution >= 0.6 is 0 Å². The maximum atomic E-state index is 11.8. The monoisotopic (exact) mass is 237 g/mol. The van der Waals surface area contributed by atoms with Gasteiger partial charge in [0.2, 0.25) is 0 Å². The molecule has 1 rings (SSSR count). The van der Waals surface area contributed by atoms with Crippen LogP contribution in [0.5, 0.6) is 0 Å². The zero-order valence-electron chi connectivity index (χ0n) is 10.3. The predicted molar refractivity (Wildman–Crippen MR) is 67.7 cm³/mol. The first-order chi connectivity index (χ1) is 7.44. The molecule has 1 unspecified atom stereocenters. The molecule has 88 valence electrons. The molecule has 3 nitrogen and oxygen atoms in total. The molecule has 0 bridgehead atoms. The normalized spacial score (nSPS) is 13.2. The van der Waals surface area contributed by atoms with E-state index in [4.69, 9.17) is 4.43 Å². The van der Waals surface area contributed by atoms with Crippen molar-refractivity contribution in [2.75, 3.05) is 7.05 Å². The third-order valence-electron chi connectivity index (χ3n) is 2.06. The summed E-state index contributed by atoms with van der Waals surface area (Å²) in [6, 6.07) is 9.59. The van der Waals surface area contributed by atoms with Crippen LogP contribution in [0, 0.1) is 0 Å². The first-order valence-electron chi connectivity index (χ1n) is 5.38. The summed E-state index contributed by atoms with van der Waals surface area (Å²) in [6.07, 6.45) is -0.488. The smallest absolute Gasteiger partial charge is 0.252 e. The van der Waals surface area contributed by atoms with Gasteiger partial charge in [0.05, 0.1) is 0 Å². The van der Waals surface area contributed by atoms with Gasteiger partial charge in [-0.3, -0.25) is 4.79 Å². The molecule has 0 aromatic heterocycles. The van der Waals surface area contributed by atoms with Crippen molar-refractivity contribution in [3.05, 3.63) is 35.9 Å². The molecule has 0 fully saturated rings. The Hall–Kier alpha value is -1.13. The molecule has 0 radical (unpaired) electrons. The Balaban J connectivity index is 2.93. The van der Waals surface area contributed by atoms with E-state index in [9.17, 15) is 4.79 Å². The number of benzene rings is 1. The zero-order chi connectivity index (χ0) is 12.2.